The first-order valence-electron chi connectivity index (χ1n) is 10.2. The molecule has 0 atom stereocenters. The van der Waals surface area contributed by atoms with E-state index in [4.69, 9.17) is 16.3 Å². The van der Waals surface area contributed by atoms with Gasteiger partial charge >= 0.3 is 5.97 Å². The minimum absolute atomic E-state index is 0.121. The highest BCUT2D eigenvalue weighted by molar-refractivity contribution is 7.89. The quantitative estimate of drug-likeness (QED) is 0.336. The molecule has 10 heteroatoms. The molecule has 33 heavy (non-hydrogen) atoms. The van der Waals surface area contributed by atoms with Crippen LogP contribution in [0.5, 0.6) is 0 Å². The van der Waals surface area contributed by atoms with Gasteiger partial charge in [-0.25, -0.2) is 13.2 Å². The van der Waals surface area contributed by atoms with Crippen molar-refractivity contribution in [1.29, 1.82) is 0 Å². The van der Waals surface area contributed by atoms with Gasteiger partial charge in [0.2, 0.25) is 10.0 Å². The van der Waals surface area contributed by atoms with E-state index < -0.39 is 28.5 Å². The number of nitrogens with zero attached hydrogens (tertiary/aromatic N) is 2. The Hall–Kier alpha value is -3.01. The molecular weight excluding hydrogens is 468 g/mol. The summed E-state index contributed by atoms with van der Waals surface area (Å²) in [5, 5.41) is 0.438. The van der Waals surface area contributed by atoms with E-state index in [0.717, 1.165) is 17.7 Å². The molecule has 1 aliphatic rings. The Balaban J connectivity index is 1.46. The van der Waals surface area contributed by atoms with Crippen molar-refractivity contribution < 1.29 is 27.5 Å². The lowest BCUT2D eigenvalue weighted by atomic mass is 10.1. The van der Waals surface area contributed by atoms with Crippen molar-refractivity contribution in [2.45, 2.75) is 11.8 Å². The number of carbonyl (C=O) groups excluding carboxylic acids is 3. The average molecular weight is 491 g/mol. The fourth-order valence-corrected chi connectivity index (χ4v) is 4.71. The summed E-state index contributed by atoms with van der Waals surface area (Å²) in [6.07, 6.45) is 2.07. The number of carbonyl (C=O) groups is 3. The molecule has 2 aromatic rings. The Morgan fingerprint density at radius 3 is 2.15 bits per heavy atom. The molecule has 0 aromatic heterocycles. The van der Waals surface area contributed by atoms with Crippen molar-refractivity contribution >= 4 is 39.3 Å². The third-order valence-corrected chi connectivity index (χ3v) is 7.25. The normalized spacial score (nSPS) is 14.9. The topological polar surface area (TPSA) is 101 Å². The maximum atomic E-state index is 12.7. The molecule has 0 N–H and O–H groups in total. The van der Waals surface area contributed by atoms with Gasteiger partial charge in [-0.3, -0.25) is 9.59 Å². The first-order chi connectivity index (χ1) is 15.7. The van der Waals surface area contributed by atoms with Gasteiger partial charge < -0.3 is 9.64 Å². The Bertz CT molecular complexity index is 1150. The van der Waals surface area contributed by atoms with E-state index in [1.165, 1.54) is 33.5 Å². The number of ether oxygens (including phenoxy) is 1. The van der Waals surface area contributed by atoms with Crippen LogP contribution in [0.4, 0.5) is 0 Å². The number of aryl methyl sites for hydroxylation is 1. The largest absolute Gasteiger partial charge is 0.452 e. The molecule has 1 aliphatic heterocycles. The van der Waals surface area contributed by atoms with Crippen LogP contribution in [0.2, 0.25) is 5.02 Å². The average Bonchev–Trinajstić information content (AvgIpc) is 2.81. The second kappa shape index (κ2) is 10.7. The first kappa shape index (κ1) is 24.6. The van der Waals surface area contributed by atoms with Crippen molar-refractivity contribution in [3.05, 3.63) is 76.8 Å². The molecule has 0 saturated carbocycles. The number of amides is 1. The number of allylic oxidation sites excluding steroid dienone is 1. The predicted octanol–water partition coefficient (Wildman–Crippen LogP) is 2.46. The summed E-state index contributed by atoms with van der Waals surface area (Å²) < 4.78 is 31.6. The van der Waals surface area contributed by atoms with Crippen LogP contribution in [0.3, 0.4) is 0 Å². The Kier molecular flexibility index (Phi) is 8.01. The third kappa shape index (κ3) is 6.50. The number of benzene rings is 2. The van der Waals surface area contributed by atoms with Gasteiger partial charge in [-0.05, 0) is 37.3 Å². The van der Waals surface area contributed by atoms with Gasteiger partial charge in [0.25, 0.3) is 5.91 Å². The molecule has 0 spiro atoms. The Morgan fingerprint density at radius 2 is 1.55 bits per heavy atom. The zero-order valence-electron chi connectivity index (χ0n) is 17.9. The van der Waals surface area contributed by atoms with Gasteiger partial charge in [0.1, 0.15) is 0 Å². The summed E-state index contributed by atoms with van der Waals surface area (Å²) in [5.74, 6) is -1.60. The smallest absolute Gasteiger partial charge is 0.331 e. The second-order valence-corrected chi connectivity index (χ2v) is 9.78. The molecule has 0 aliphatic carbocycles. The monoisotopic (exact) mass is 490 g/mol. The van der Waals surface area contributed by atoms with Gasteiger partial charge in [-0.2, -0.15) is 4.31 Å². The van der Waals surface area contributed by atoms with Crippen LogP contribution in [-0.2, 0) is 24.3 Å². The van der Waals surface area contributed by atoms with Crippen LogP contribution < -0.4 is 0 Å². The van der Waals surface area contributed by atoms with E-state index in [1.807, 2.05) is 6.92 Å². The molecule has 2 aromatic carbocycles. The summed E-state index contributed by atoms with van der Waals surface area (Å²) in [4.78, 5) is 37.8. The van der Waals surface area contributed by atoms with E-state index in [-0.39, 0.29) is 36.9 Å². The van der Waals surface area contributed by atoms with E-state index in [0.29, 0.717) is 10.6 Å². The summed E-state index contributed by atoms with van der Waals surface area (Å²) in [6.45, 7) is 1.99. The lowest BCUT2D eigenvalue weighted by molar-refractivity contribution is -0.148. The number of sulfonamides is 1. The molecule has 1 amide bonds. The fourth-order valence-electron chi connectivity index (χ4n) is 3.16. The summed E-state index contributed by atoms with van der Waals surface area (Å²) >= 11 is 5.81. The summed E-state index contributed by atoms with van der Waals surface area (Å²) in [7, 11) is -3.68. The second-order valence-electron chi connectivity index (χ2n) is 7.41. The van der Waals surface area contributed by atoms with Crippen LogP contribution >= 0.6 is 11.6 Å². The molecule has 1 heterocycles. The van der Waals surface area contributed by atoms with Crippen molar-refractivity contribution in [1.82, 2.24) is 9.21 Å². The van der Waals surface area contributed by atoms with Crippen molar-refractivity contribution in [3.8, 4) is 0 Å². The van der Waals surface area contributed by atoms with Crippen LogP contribution in [-0.4, -0.2) is 68.1 Å². The van der Waals surface area contributed by atoms with Gasteiger partial charge in [0.05, 0.1) is 4.90 Å². The maximum Gasteiger partial charge on any atom is 0.331 e. The Labute approximate surface area is 197 Å². The number of esters is 1. The number of hydrogen-bond acceptors (Lipinski definition) is 6. The van der Waals surface area contributed by atoms with E-state index in [9.17, 15) is 22.8 Å². The first-order valence-corrected chi connectivity index (χ1v) is 12.0. The number of ketones is 1. The van der Waals surface area contributed by atoms with Crippen LogP contribution in [0.25, 0.3) is 0 Å². The number of halogens is 1. The Morgan fingerprint density at radius 1 is 0.939 bits per heavy atom. The van der Waals surface area contributed by atoms with E-state index >= 15 is 0 Å². The molecule has 174 valence electrons. The van der Waals surface area contributed by atoms with Crippen LogP contribution in [0, 0.1) is 6.92 Å². The van der Waals surface area contributed by atoms with Crippen LogP contribution in [0.15, 0.2) is 65.6 Å². The van der Waals surface area contributed by atoms with Crippen molar-refractivity contribution in [2.75, 3.05) is 32.8 Å². The summed E-state index contributed by atoms with van der Waals surface area (Å²) in [5.41, 5.74) is 1.45. The number of rotatable bonds is 7. The van der Waals surface area contributed by atoms with Gasteiger partial charge in [0, 0.05) is 42.8 Å². The molecular formula is C23H23ClN2O6S. The lowest BCUT2D eigenvalue weighted by Crippen LogP contribution is -2.51. The van der Waals surface area contributed by atoms with Gasteiger partial charge in [-0.15, -0.1) is 0 Å². The third-order valence-electron chi connectivity index (χ3n) is 5.09. The van der Waals surface area contributed by atoms with Crippen LogP contribution in [0.1, 0.15) is 15.9 Å². The van der Waals surface area contributed by atoms with Crippen molar-refractivity contribution in [2.24, 2.45) is 0 Å². The lowest BCUT2D eigenvalue weighted by Gasteiger charge is -2.33. The maximum absolute atomic E-state index is 12.7. The molecule has 3 rings (SSSR count). The standard InChI is InChI=1S/C23H23ClN2O6S/c1-17-2-4-18(5-3-17)21(27)10-11-23(29)32-16-22(28)25-12-14-26(15-13-25)33(30,31)20-8-6-19(24)7-9-20/h2-11H,12-16H2,1H3/b11-10+. The molecule has 8 nitrogen and oxygen atoms in total. The molecule has 1 saturated heterocycles. The SMILES string of the molecule is Cc1ccc(C(=O)/C=C/C(=O)OCC(=O)N2CCN(S(=O)(=O)c3ccc(Cl)cc3)CC2)cc1. The van der Waals surface area contributed by atoms with Gasteiger partial charge in [-0.1, -0.05) is 41.4 Å². The zero-order chi connectivity index (χ0) is 24.0. The predicted molar refractivity (Wildman–Crippen MR) is 122 cm³/mol. The minimum atomic E-state index is -3.68. The van der Waals surface area contributed by atoms with Gasteiger partial charge in [0.15, 0.2) is 12.4 Å². The molecule has 0 bridgehead atoms. The fraction of sp³-hybridized carbons (Fsp3) is 0.261. The number of piperazine rings is 1. The highest BCUT2D eigenvalue weighted by Crippen LogP contribution is 2.20. The van der Waals surface area contributed by atoms with Crippen molar-refractivity contribution in [3.63, 3.8) is 0 Å². The number of hydrogen-bond donors (Lipinski definition) is 0. The highest BCUT2D eigenvalue weighted by atomic mass is 35.5. The minimum Gasteiger partial charge on any atom is -0.452 e. The zero-order valence-corrected chi connectivity index (χ0v) is 19.5. The molecule has 1 fully saturated rings. The van der Waals surface area contributed by atoms with E-state index in [2.05, 4.69) is 0 Å². The molecule has 0 radical (unpaired) electrons. The highest BCUT2D eigenvalue weighted by Gasteiger charge is 2.30. The molecule has 0 unspecified atom stereocenters. The van der Waals surface area contributed by atoms with E-state index in [1.54, 1.807) is 24.3 Å². The summed E-state index contributed by atoms with van der Waals surface area (Å²) in [6, 6.07) is 12.8.